The number of methoxy groups -OCH3 is 1. The molecule has 0 aliphatic carbocycles. The number of alkyl halides is 2. The van der Waals surface area contributed by atoms with Crippen LogP contribution in [-0.4, -0.2) is 22.1 Å². The second-order valence-corrected chi connectivity index (χ2v) is 6.78. The first-order valence-corrected chi connectivity index (χ1v) is 8.44. The van der Waals surface area contributed by atoms with Gasteiger partial charge in [-0.05, 0) is 49.2 Å². The van der Waals surface area contributed by atoms with Gasteiger partial charge in [0.05, 0.1) is 17.7 Å². The quantitative estimate of drug-likeness (QED) is 0.856. The number of halogens is 2. The molecule has 8 heteroatoms. The van der Waals surface area contributed by atoms with Gasteiger partial charge >= 0.3 is 6.61 Å². The molecule has 0 radical (unpaired) electrons. The lowest BCUT2D eigenvalue weighted by Gasteiger charge is -2.13. The summed E-state index contributed by atoms with van der Waals surface area (Å²) in [6.45, 7) is 0.623. The third kappa shape index (κ3) is 4.14. The Morgan fingerprint density at radius 1 is 1.00 bits per heavy atom. The molecule has 0 aliphatic rings. The van der Waals surface area contributed by atoms with Gasteiger partial charge in [-0.3, -0.25) is 4.72 Å². The summed E-state index contributed by atoms with van der Waals surface area (Å²) in [6, 6.07) is 8.60. The number of sulfonamides is 1. The molecule has 0 heterocycles. The van der Waals surface area contributed by atoms with Crippen molar-refractivity contribution in [2.75, 3.05) is 11.8 Å². The van der Waals surface area contributed by atoms with Gasteiger partial charge < -0.3 is 9.47 Å². The van der Waals surface area contributed by atoms with Crippen LogP contribution in [0.4, 0.5) is 14.5 Å². The van der Waals surface area contributed by atoms with E-state index in [0.717, 1.165) is 17.2 Å². The van der Waals surface area contributed by atoms with Crippen LogP contribution in [-0.2, 0) is 10.0 Å². The average Bonchev–Trinajstić information content (AvgIpc) is 2.49. The molecule has 0 spiro atoms. The highest BCUT2D eigenvalue weighted by Crippen LogP contribution is 2.32. The standard InChI is InChI=1S/C16H17F2NO4S/c1-10-4-6-13(8-11(10)2)24(20,21)19-12-5-7-14(22-3)15(9-12)23-16(17)18/h4-9,16,19H,1-3H3. The summed E-state index contributed by atoms with van der Waals surface area (Å²) in [4.78, 5) is 0.0812. The number of rotatable bonds is 6. The Balaban J connectivity index is 2.33. The van der Waals surface area contributed by atoms with Crippen LogP contribution < -0.4 is 14.2 Å². The number of ether oxygens (including phenoxy) is 2. The van der Waals surface area contributed by atoms with E-state index in [1.165, 1.54) is 31.4 Å². The van der Waals surface area contributed by atoms with Crippen LogP contribution in [0.3, 0.4) is 0 Å². The van der Waals surface area contributed by atoms with Crippen LogP contribution in [0.5, 0.6) is 11.5 Å². The summed E-state index contributed by atoms with van der Waals surface area (Å²) >= 11 is 0. The Morgan fingerprint density at radius 3 is 2.29 bits per heavy atom. The third-order valence-corrected chi connectivity index (χ3v) is 4.80. The van der Waals surface area contributed by atoms with E-state index in [1.807, 2.05) is 6.92 Å². The molecule has 0 amide bonds. The number of hydrogen-bond acceptors (Lipinski definition) is 4. The van der Waals surface area contributed by atoms with Crippen LogP contribution in [0.1, 0.15) is 11.1 Å². The van der Waals surface area contributed by atoms with Gasteiger partial charge in [-0.25, -0.2) is 8.42 Å². The van der Waals surface area contributed by atoms with Crippen LogP contribution in [0, 0.1) is 13.8 Å². The van der Waals surface area contributed by atoms with Gasteiger partial charge in [-0.1, -0.05) is 6.07 Å². The lowest BCUT2D eigenvalue weighted by molar-refractivity contribution is -0.0511. The number of hydrogen-bond donors (Lipinski definition) is 1. The maximum absolute atomic E-state index is 12.4. The fraction of sp³-hybridized carbons (Fsp3) is 0.250. The highest BCUT2D eigenvalue weighted by Gasteiger charge is 2.17. The largest absolute Gasteiger partial charge is 0.493 e. The van der Waals surface area contributed by atoms with Gasteiger partial charge in [-0.15, -0.1) is 0 Å². The zero-order valence-corrected chi connectivity index (χ0v) is 14.2. The maximum Gasteiger partial charge on any atom is 0.387 e. The van der Waals surface area contributed by atoms with Crippen LogP contribution in [0.25, 0.3) is 0 Å². The summed E-state index contributed by atoms with van der Waals surface area (Å²) in [5, 5.41) is 0. The van der Waals surface area contributed by atoms with Crippen LogP contribution in [0.2, 0.25) is 0 Å². The predicted octanol–water partition coefficient (Wildman–Crippen LogP) is 3.71. The van der Waals surface area contributed by atoms with Gasteiger partial charge in [0, 0.05) is 6.07 Å². The number of anilines is 1. The molecule has 5 nitrogen and oxygen atoms in total. The minimum absolute atomic E-state index is 0.0735. The lowest BCUT2D eigenvalue weighted by atomic mass is 10.1. The van der Waals surface area contributed by atoms with Gasteiger partial charge in [0.2, 0.25) is 0 Å². The second-order valence-electron chi connectivity index (χ2n) is 5.10. The van der Waals surface area contributed by atoms with Crippen molar-refractivity contribution >= 4 is 15.7 Å². The molecule has 0 aliphatic heterocycles. The number of aryl methyl sites for hydroxylation is 2. The zero-order chi connectivity index (χ0) is 17.9. The van der Waals surface area contributed by atoms with E-state index in [-0.39, 0.29) is 22.1 Å². The molecular weight excluding hydrogens is 340 g/mol. The number of nitrogens with one attached hydrogen (secondary N) is 1. The van der Waals surface area contributed by atoms with E-state index in [1.54, 1.807) is 13.0 Å². The molecule has 24 heavy (non-hydrogen) atoms. The minimum Gasteiger partial charge on any atom is -0.493 e. The smallest absolute Gasteiger partial charge is 0.387 e. The first-order chi connectivity index (χ1) is 11.2. The molecule has 0 saturated heterocycles. The highest BCUT2D eigenvalue weighted by atomic mass is 32.2. The molecular formula is C16H17F2NO4S. The second kappa shape index (κ2) is 7.04. The first kappa shape index (κ1) is 18.0. The highest BCUT2D eigenvalue weighted by molar-refractivity contribution is 7.92. The Bertz CT molecular complexity index is 838. The van der Waals surface area contributed by atoms with Gasteiger partial charge in [0.1, 0.15) is 0 Å². The molecule has 0 fully saturated rings. The molecule has 0 atom stereocenters. The fourth-order valence-electron chi connectivity index (χ4n) is 2.02. The van der Waals surface area contributed by atoms with Crippen LogP contribution >= 0.6 is 0 Å². The van der Waals surface area contributed by atoms with Crippen molar-refractivity contribution in [3.63, 3.8) is 0 Å². The van der Waals surface area contributed by atoms with Crippen molar-refractivity contribution in [3.05, 3.63) is 47.5 Å². The maximum atomic E-state index is 12.4. The van der Waals surface area contributed by atoms with Gasteiger partial charge in [0.15, 0.2) is 11.5 Å². The molecule has 0 unspecified atom stereocenters. The monoisotopic (exact) mass is 357 g/mol. The third-order valence-electron chi connectivity index (χ3n) is 3.42. The fourth-order valence-corrected chi connectivity index (χ4v) is 3.16. The van der Waals surface area contributed by atoms with Crippen molar-refractivity contribution < 1.29 is 26.7 Å². The van der Waals surface area contributed by atoms with Gasteiger partial charge in [0.25, 0.3) is 10.0 Å². The van der Waals surface area contributed by atoms with E-state index in [9.17, 15) is 17.2 Å². The molecule has 2 aromatic rings. The summed E-state index contributed by atoms with van der Waals surface area (Å²) in [7, 11) is -2.55. The SMILES string of the molecule is COc1ccc(NS(=O)(=O)c2ccc(C)c(C)c2)cc1OC(F)F. The molecule has 0 aromatic heterocycles. The van der Waals surface area contributed by atoms with E-state index < -0.39 is 16.6 Å². The van der Waals surface area contributed by atoms with Crippen molar-refractivity contribution in [2.24, 2.45) is 0 Å². The molecule has 130 valence electrons. The normalized spacial score (nSPS) is 11.4. The summed E-state index contributed by atoms with van der Waals surface area (Å²) in [5.74, 6) is -0.183. The van der Waals surface area contributed by atoms with E-state index >= 15 is 0 Å². The van der Waals surface area contributed by atoms with E-state index in [4.69, 9.17) is 4.74 Å². The molecule has 0 saturated carbocycles. The van der Waals surface area contributed by atoms with E-state index in [2.05, 4.69) is 9.46 Å². The van der Waals surface area contributed by atoms with Crippen molar-refractivity contribution in [1.29, 1.82) is 0 Å². The molecule has 0 bridgehead atoms. The Hall–Kier alpha value is -2.35. The summed E-state index contributed by atoms with van der Waals surface area (Å²) < 4.78 is 61.3. The molecule has 2 rings (SSSR count). The molecule has 1 N–H and O–H groups in total. The molecule has 2 aromatic carbocycles. The first-order valence-electron chi connectivity index (χ1n) is 6.96. The Kier molecular flexibility index (Phi) is 5.28. The predicted molar refractivity (Wildman–Crippen MR) is 86.4 cm³/mol. The Labute approximate surface area is 139 Å². The van der Waals surface area contributed by atoms with Crippen LogP contribution in [0.15, 0.2) is 41.3 Å². The average molecular weight is 357 g/mol. The van der Waals surface area contributed by atoms with Crippen molar-refractivity contribution in [3.8, 4) is 11.5 Å². The van der Waals surface area contributed by atoms with E-state index in [0.29, 0.717) is 0 Å². The lowest BCUT2D eigenvalue weighted by Crippen LogP contribution is -2.13. The number of benzene rings is 2. The summed E-state index contributed by atoms with van der Waals surface area (Å²) in [5.41, 5.74) is 1.88. The summed E-state index contributed by atoms with van der Waals surface area (Å²) in [6.07, 6.45) is 0. The Morgan fingerprint density at radius 2 is 1.71 bits per heavy atom. The zero-order valence-electron chi connectivity index (χ0n) is 13.3. The van der Waals surface area contributed by atoms with Crippen molar-refractivity contribution in [1.82, 2.24) is 0 Å². The minimum atomic E-state index is -3.85. The van der Waals surface area contributed by atoms with Gasteiger partial charge in [-0.2, -0.15) is 8.78 Å². The van der Waals surface area contributed by atoms with Crippen molar-refractivity contribution in [2.45, 2.75) is 25.4 Å². The topological polar surface area (TPSA) is 64.6 Å².